The summed E-state index contributed by atoms with van der Waals surface area (Å²) in [5.74, 6) is 2.26. The van der Waals surface area contributed by atoms with Crippen molar-refractivity contribution in [3.05, 3.63) is 29.3 Å². The Labute approximate surface area is 173 Å². The van der Waals surface area contributed by atoms with Gasteiger partial charge in [0, 0.05) is 12.0 Å². The van der Waals surface area contributed by atoms with E-state index in [0.29, 0.717) is 17.8 Å². The quantitative estimate of drug-likeness (QED) is 0.781. The predicted octanol–water partition coefficient (Wildman–Crippen LogP) is 3.27. The van der Waals surface area contributed by atoms with Gasteiger partial charge in [-0.25, -0.2) is 0 Å². The fraction of sp³-hybridized carbons (Fsp3) is 0.682. The molecule has 6 nitrogen and oxygen atoms in total. The standard InChI is InChI=1S/C22H32N2O4S/c1-13(2)24-21(25)20-9-8-19-18-6-4-14-12-15(28-29(23,26)27)5-7-16(14)17(18)10-11-22(19,20)3/h5,7,12-13,17-20H,4,6,8-11H2,1-3H3,(H,24,25)(H2,23,26,27)/t17-,18-,19+,20-,22+/m1/s1. The zero-order valence-corrected chi connectivity index (χ0v) is 18.3. The topological polar surface area (TPSA) is 98.5 Å². The Kier molecular flexibility index (Phi) is 5.18. The predicted molar refractivity (Wildman–Crippen MR) is 112 cm³/mol. The highest BCUT2D eigenvalue weighted by atomic mass is 32.2. The van der Waals surface area contributed by atoms with Crippen molar-refractivity contribution in [2.75, 3.05) is 0 Å². The molecule has 3 aliphatic carbocycles. The van der Waals surface area contributed by atoms with Crippen LogP contribution >= 0.6 is 0 Å². The molecule has 7 heteroatoms. The molecule has 0 aliphatic heterocycles. The van der Waals surface area contributed by atoms with Gasteiger partial charge in [-0.15, -0.1) is 0 Å². The number of rotatable bonds is 4. The van der Waals surface area contributed by atoms with E-state index >= 15 is 0 Å². The van der Waals surface area contributed by atoms with E-state index in [0.717, 1.165) is 38.5 Å². The lowest BCUT2D eigenvalue weighted by molar-refractivity contribution is -0.130. The van der Waals surface area contributed by atoms with Gasteiger partial charge in [-0.3, -0.25) is 4.79 Å². The second kappa shape index (κ2) is 7.27. The number of nitrogens with one attached hydrogen (secondary N) is 1. The van der Waals surface area contributed by atoms with E-state index in [2.05, 4.69) is 12.2 Å². The van der Waals surface area contributed by atoms with E-state index in [4.69, 9.17) is 9.32 Å². The summed E-state index contributed by atoms with van der Waals surface area (Å²) in [4.78, 5) is 12.8. The maximum absolute atomic E-state index is 12.8. The largest absolute Gasteiger partial charge is 0.380 e. The zero-order valence-electron chi connectivity index (χ0n) is 17.5. The van der Waals surface area contributed by atoms with Crippen LogP contribution in [0.15, 0.2) is 18.2 Å². The molecule has 3 aliphatic rings. The highest BCUT2D eigenvalue weighted by Crippen LogP contribution is 2.63. The molecule has 1 amide bonds. The third-order valence-corrected chi connectivity index (χ3v) is 8.08. The molecule has 1 aromatic rings. The Hall–Kier alpha value is -1.60. The number of carbonyl (C=O) groups excluding carboxylic acids is 1. The van der Waals surface area contributed by atoms with E-state index in [1.165, 1.54) is 11.1 Å². The Morgan fingerprint density at radius 2 is 2.00 bits per heavy atom. The van der Waals surface area contributed by atoms with Gasteiger partial charge >= 0.3 is 10.3 Å². The summed E-state index contributed by atoms with van der Waals surface area (Å²) in [7, 11) is -4.01. The summed E-state index contributed by atoms with van der Waals surface area (Å²) in [6.07, 6.45) is 6.23. The number of fused-ring (bicyclic) bond motifs is 5. The van der Waals surface area contributed by atoms with Crippen LogP contribution in [0.1, 0.15) is 69.9 Å². The smallest absolute Gasteiger partial charge is 0.371 e. The molecule has 160 valence electrons. The van der Waals surface area contributed by atoms with Crippen molar-refractivity contribution < 1.29 is 17.4 Å². The van der Waals surface area contributed by atoms with Gasteiger partial charge in [0.2, 0.25) is 5.91 Å². The van der Waals surface area contributed by atoms with Gasteiger partial charge in [0.1, 0.15) is 5.75 Å². The summed E-state index contributed by atoms with van der Waals surface area (Å²) < 4.78 is 27.3. The highest BCUT2D eigenvalue weighted by Gasteiger charge is 2.56. The molecule has 5 atom stereocenters. The lowest BCUT2D eigenvalue weighted by Gasteiger charge is -2.50. The van der Waals surface area contributed by atoms with E-state index in [9.17, 15) is 13.2 Å². The summed E-state index contributed by atoms with van der Waals surface area (Å²) in [6.45, 7) is 6.38. The van der Waals surface area contributed by atoms with E-state index in [-0.39, 0.29) is 29.0 Å². The fourth-order valence-corrected chi connectivity index (χ4v) is 6.93. The molecule has 2 fully saturated rings. The molecule has 0 radical (unpaired) electrons. The van der Waals surface area contributed by atoms with Crippen LogP contribution in [0, 0.1) is 23.2 Å². The van der Waals surface area contributed by atoms with Crippen molar-refractivity contribution in [3.63, 3.8) is 0 Å². The van der Waals surface area contributed by atoms with Gasteiger partial charge in [-0.1, -0.05) is 13.0 Å². The molecular weight excluding hydrogens is 388 g/mol. The molecule has 0 aromatic heterocycles. The lowest BCUT2D eigenvalue weighted by atomic mass is 9.54. The summed E-state index contributed by atoms with van der Waals surface area (Å²) in [5, 5.41) is 8.15. The molecule has 0 spiro atoms. The average molecular weight is 421 g/mol. The van der Waals surface area contributed by atoms with Crippen molar-refractivity contribution in [1.29, 1.82) is 0 Å². The molecule has 1 aromatic carbocycles. The minimum absolute atomic E-state index is 0.0777. The van der Waals surface area contributed by atoms with E-state index in [1.807, 2.05) is 26.0 Å². The normalized spacial score (nSPS) is 33.6. The Balaban J connectivity index is 1.56. The average Bonchev–Trinajstić information content (AvgIpc) is 2.96. The Morgan fingerprint density at radius 1 is 1.24 bits per heavy atom. The number of benzene rings is 1. The fourth-order valence-electron chi connectivity index (χ4n) is 6.56. The van der Waals surface area contributed by atoms with Crippen LogP contribution in [0.3, 0.4) is 0 Å². The molecule has 0 bridgehead atoms. The zero-order chi connectivity index (χ0) is 21.0. The van der Waals surface area contributed by atoms with Crippen LogP contribution in [0.5, 0.6) is 5.75 Å². The molecular formula is C22H32N2O4S. The first-order valence-electron chi connectivity index (χ1n) is 10.7. The maximum atomic E-state index is 12.8. The number of nitrogens with two attached hydrogens (primary N) is 1. The molecule has 29 heavy (non-hydrogen) atoms. The Morgan fingerprint density at radius 3 is 2.69 bits per heavy atom. The summed E-state index contributed by atoms with van der Waals surface area (Å²) in [5.41, 5.74) is 2.57. The number of hydrogen-bond donors (Lipinski definition) is 2. The van der Waals surface area contributed by atoms with Crippen LogP contribution < -0.4 is 14.6 Å². The first-order valence-corrected chi connectivity index (χ1v) is 12.2. The monoisotopic (exact) mass is 420 g/mol. The third kappa shape index (κ3) is 3.79. The number of amides is 1. The minimum atomic E-state index is -4.01. The molecule has 0 heterocycles. The van der Waals surface area contributed by atoms with Crippen molar-refractivity contribution in [1.82, 2.24) is 5.32 Å². The highest BCUT2D eigenvalue weighted by molar-refractivity contribution is 7.84. The lowest BCUT2D eigenvalue weighted by Crippen LogP contribution is -2.47. The molecule has 3 N–H and O–H groups in total. The van der Waals surface area contributed by atoms with Gasteiger partial charge in [0.15, 0.2) is 0 Å². The first kappa shape index (κ1) is 20.7. The van der Waals surface area contributed by atoms with Crippen LogP contribution in [0.4, 0.5) is 0 Å². The molecule has 4 rings (SSSR count). The van der Waals surface area contributed by atoms with Crippen molar-refractivity contribution in [3.8, 4) is 5.75 Å². The number of carbonyl (C=O) groups is 1. The van der Waals surface area contributed by atoms with E-state index < -0.39 is 10.3 Å². The summed E-state index contributed by atoms with van der Waals surface area (Å²) in [6, 6.07) is 5.74. The number of hydrogen-bond acceptors (Lipinski definition) is 4. The maximum Gasteiger partial charge on any atom is 0.380 e. The van der Waals surface area contributed by atoms with Crippen LogP contribution in [-0.4, -0.2) is 20.4 Å². The van der Waals surface area contributed by atoms with Gasteiger partial charge in [0.25, 0.3) is 0 Å². The van der Waals surface area contributed by atoms with E-state index in [1.54, 1.807) is 6.07 Å². The molecule has 2 saturated carbocycles. The van der Waals surface area contributed by atoms with Crippen molar-refractivity contribution in [2.45, 2.75) is 71.3 Å². The Bertz CT molecular complexity index is 913. The van der Waals surface area contributed by atoms with Gasteiger partial charge < -0.3 is 9.50 Å². The number of aryl methyl sites for hydroxylation is 1. The molecule has 0 saturated heterocycles. The van der Waals surface area contributed by atoms with Crippen LogP contribution in [-0.2, 0) is 21.5 Å². The first-order chi connectivity index (χ1) is 13.6. The van der Waals surface area contributed by atoms with Gasteiger partial charge in [-0.05, 0) is 98.8 Å². The second-order valence-electron chi connectivity index (χ2n) is 9.69. The third-order valence-electron chi connectivity index (χ3n) is 7.66. The van der Waals surface area contributed by atoms with Crippen LogP contribution in [0.2, 0.25) is 0 Å². The summed E-state index contributed by atoms with van der Waals surface area (Å²) >= 11 is 0. The van der Waals surface area contributed by atoms with Crippen molar-refractivity contribution in [2.24, 2.45) is 28.3 Å². The minimum Gasteiger partial charge on any atom is -0.371 e. The van der Waals surface area contributed by atoms with Crippen LogP contribution in [0.25, 0.3) is 0 Å². The molecule has 0 unspecified atom stereocenters. The van der Waals surface area contributed by atoms with Crippen molar-refractivity contribution >= 4 is 16.2 Å². The van der Waals surface area contributed by atoms with Gasteiger partial charge in [-0.2, -0.15) is 13.6 Å². The SMILES string of the molecule is CC(C)NC(=O)[C@H]1CC[C@H]2[C@@H]3CCc4cc(OS(N)(=O)=O)ccc4[C@H]3CC[C@]12C. The van der Waals surface area contributed by atoms with Gasteiger partial charge in [0.05, 0.1) is 0 Å². The second-order valence-corrected chi connectivity index (χ2v) is 10.8.